The molecule has 1 unspecified atom stereocenters. The van der Waals surface area contributed by atoms with Gasteiger partial charge in [-0.1, -0.05) is 35.9 Å². The monoisotopic (exact) mass is 580 g/mol. The number of aromatic nitrogens is 2. The summed E-state index contributed by atoms with van der Waals surface area (Å²) in [6.45, 7) is 15.8. The van der Waals surface area contributed by atoms with Gasteiger partial charge in [-0.2, -0.15) is 0 Å². The van der Waals surface area contributed by atoms with E-state index in [4.69, 9.17) is 32.9 Å². The van der Waals surface area contributed by atoms with Gasteiger partial charge in [0.15, 0.2) is 0 Å². The number of anilines is 2. The lowest BCUT2D eigenvalue weighted by atomic mass is 10.0. The summed E-state index contributed by atoms with van der Waals surface area (Å²) in [6, 6.07) is 11.7. The van der Waals surface area contributed by atoms with Crippen LogP contribution in [0.1, 0.15) is 32.0 Å². The molecule has 2 atom stereocenters. The minimum atomic E-state index is -1.38. The quantitative estimate of drug-likeness (QED) is 0.320. The first-order valence-electron chi connectivity index (χ1n) is 13.3. The second-order valence-corrected chi connectivity index (χ2v) is 12.8. The zero-order valence-corrected chi connectivity index (χ0v) is 24.8. The van der Waals surface area contributed by atoms with Crippen LogP contribution in [0.25, 0.3) is 15.6 Å². The lowest BCUT2D eigenvalue weighted by Gasteiger charge is -2.41. The summed E-state index contributed by atoms with van der Waals surface area (Å²) in [5.74, 6) is 0.740. The maximum absolute atomic E-state index is 12.9. The topological polar surface area (TPSA) is 83.2 Å². The van der Waals surface area contributed by atoms with Crippen LogP contribution in [0.4, 0.5) is 16.3 Å². The standard InChI is InChI=1S/C29H33ClN6O3S/c1-29(2,3)39-28(37)36-15-14-35(17-20(36)16-31-4)26-21-12-13-34(18-23(21)32-27(33-26)40(5)38)24-11-7-9-19-8-6-10-22(30)25(19)24/h6-11,20H,12-18H2,1-3,5H3/t20-,40?/m0/s1. The second-order valence-electron chi connectivity index (χ2n) is 11.1. The highest BCUT2D eigenvalue weighted by Gasteiger charge is 2.37. The van der Waals surface area contributed by atoms with Gasteiger partial charge in [0.25, 0.3) is 0 Å². The van der Waals surface area contributed by atoms with Gasteiger partial charge in [0, 0.05) is 49.1 Å². The maximum Gasteiger partial charge on any atom is 0.410 e. The van der Waals surface area contributed by atoms with Crippen molar-refractivity contribution in [1.82, 2.24) is 14.9 Å². The number of amides is 1. The predicted molar refractivity (Wildman–Crippen MR) is 158 cm³/mol. The van der Waals surface area contributed by atoms with Gasteiger partial charge in [-0.05, 0) is 44.7 Å². The Bertz CT molecular complexity index is 1510. The van der Waals surface area contributed by atoms with E-state index in [9.17, 15) is 9.00 Å². The molecule has 2 aliphatic heterocycles. The van der Waals surface area contributed by atoms with E-state index in [0.29, 0.717) is 37.6 Å². The van der Waals surface area contributed by atoms with Crippen molar-refractivity contribution in [2.24, 2.45) is 0 Å². The van der Waals surface area contributed by atoms with Gasteiger partial charge in [-0.25, -0.2) is 21.3 Å². The first kappa shape index (κ1) is 28.1. The highest BCUT2D eigenvalue weighted by Crippen LogP contribution is 2.37. The Morgan fingerprint density at radius 1 is 1.15 bits per heavy atom. The van der Waals surface area contributed by atoms with Crippen LogP contribution in [-0.4, -0.2) is 75.8 Å². The molecule has 1 saturated heterocycles. The van der Waals surface area contributed by atoms with Gasteiger partial charge in [-0.15, -0.1) is 0 Å². The fourth-order valence-corrected chi connectivity index (χ4v) is 6.13. The van der Waals surface area contributed by atoms with Crippen LogP contribution in [0.2, 0.25) is 5.02 Å². The normalized spacial score (nSPS) is 18.3. The number of fused-ring (bicyclic) bond motifs is 2. The summed E-state index contributed by atoms with van der Waals surface area (Å²) in [4.78, 5) is 32.0. The zero-order valence-electron chi connectivity index (χ0n) is 23.2. The molecule has 1 aromatic heterocycles. The van der Waals surface area contributed by atoms with Gasteiger partial charge >= 0.3 is 6.09 Å². The summed E-state index contributed by atoms with van der Waals surface area (Å²) < 4.78 is 18.2. The Morgan fingerprint density at radius 3 is 2.60 bits per heavy atom. The highest BCUT2D eigenvalue weighted by molar-refractivity contribution is 7.84. The molecule has 210 valence electrons. The summed E-state index contributed by atoms with van der Waals surface area (Å²) in [5, 5.41) is 3.06. The number of ether oxygens (including phenoxy) is 1. The fraction of sp³-hybridized carbons (Fsp3) is 0.448. The van der Waals surface area contributed by atoms with Crippen LogP contribution in [0, 0.1) is 6.57 Å². The number of halogens is 1. The third-order valence-corrected chi connectivity index (χ3v) is 8.18. The third kappa shape index (κ3) is 5.72. The van der Waals surface area contributed by atoms with Gasteiger partial charge in [-0.3, -0.25) is 9.11 Å². The number of piperazine rings is 1. The molecule has 2 aliphatic rings. The van der Waals surface area contributed by atoms with Gasteiger partial charge in [0.2, 0.25) is 11.7 Å². The van der Waals surface area contributed by atoms with Crippen LogP contribution in [-0.2, 0) is 28.5 Å². The van der Waals surface area contributed by atoms with E-state index in [1.807, 2.05) is 39.0 Å². The molecule has 9 nitrogen and oxygen atoms in total. The molecule has 1 fully saturated rings. The Labute approximate surface area is 242 Å². The Kier molecular flexibility index (Phi) is 7.89. The summed E-state index contributed by atoms with van der Waals surface area (Å²) in [7, 11) is -1.38. The number of carbonyl (C=O) groups is 1. The third-order valence-electron chi connectivity index (χ3n) is 7.16. The highest BCUT2D eigenvalue weighted by atomic mass is 35.5. The van der Waals surface area contributed by atoms with Crippen LogP contribution in [0.15, 0.2) is 41.6 Å². The van der Waals surface area contributed by atoms with Crippen molar-refractivity contribution in [2.45, 2.75) is 50.5 Å². The first-order chi connectivity index (χ1) is 19.1. The molecule has 0 saturated carbocycles. The average Bonchev–Trinajstić information content (AvgIpc) is 2.91. The van der Waals surface area contributed by atoms with Crippen LogP contribution < -0.4 is 9.80 Å². The molecule has 0 aliphatic carbocycles. The number of nitrogens with zero attached hydrogens (tertiary/aromatic N) is 6. The summed E-state index contributed by atoms with van der Waals surface area (Å²) in [6.07, 6.45) is 1.87. The number of carbonyl (C=O) groups excluding carboxylic acids is 1. The molecule has 3 heterocycles. The molecule has 0 bridgehead atoms. The van der Waals surface area contributed by atoms with Crippen molar-refractivity contribution in [1.29, 1.82) is 0 Å². The fourth-order valence-electron chi connectivity index (χ4n) is 5.39. The number of benzene rings is 2. The average molecular weight is 581 g/mol. The minimum absolute atomic E-state index is 0.158. The smallest absolute Gasteiger partial charge is 0.410 e. The molecule has 0 spiro atoms. The molecule has 5 rings (SSSR count). The molecule has 1 amide bonds. The minimum Gasteiger partial charge on any atom is -0.444 e. The van der Waals surface area contributed by atoms with Crippen molar-refractivity contribution in [2.75, 3.05) is 48.8 Å². The number of hydrogen-bond donors (Lipinski definition) is 0. The summed E-state index contributed by atoms with van der Waals surface area (Å²) in [5.41, 5.74) is 2.27. The van der Waals surface area contributed by atoms with E-state index in [-0.39, 0.29) is 17.7 Å². The molecule has 11 heteroatoms. The Hall–Kier alpha value is -3.42. The molecule has 0 radical (unpaired) electrons. The van der Waals surface area contributed by atoms with E-state index < -0.39 is 22.5 Å². The van der Waals surface area contributed by atoms with Gasteiger partial charge < -0.3 is 19.4 Å². The van der Waals surface area contributed by atoms with E-state index in [2.05, 4.69) is 32.8 Å². The molecule has 40 heavy (non-hydrogen) atoms. The van der Waals surface area contributed by atoms with Crippen molar-refractivity contribution in [3.63, 3.8) is 0 Å². The number of hydrogen-bond acceptors (Lipinski definition) is 7. The molecular formula is C29H33ClN6O3S. The van der Waals surface area contributed by atoms with E-state index in [0.717, 1.165) is 40.1 Å². The Morgan fingerprint density at radius 2 is 1.90 bits per heavy atom. The van der Waals surface area contributed by atoms with Gasteiger partial charge in [0.05, 0.1) is 28.1 Å². The predicted octanol–water partition coefficient (Wildman–Crippen LogP) is 4.93. The second kappa shape index (κ2) is 11.2. The Balaban J connectivity index is 1.47. The van der Waals surface area contributed by atoms with Crippen molar-refractivity contribution in [3.8, 4) is 0 Å². The molecule has 2 aromatic carbocycles. The zero-order chi connectivity index (χ0) is 28.6. The molecule has 3 aromatic rings. The molecule has 0 N–H and O–H groups in total. The van der Waals surface area contributed by atoms with Crippen molar-refractivity contribution < 1.29 is 13.7 Å². The van der Waals surface area contributed by atoms with E-state index >= 15 is 0 Å². The van der Waals surface area contributed by atoms with Gasteiger partial charge in [0.1, 0.15) is 17.5 Å². The van der Waals surface area contributed by atoms with Crippen LogP contribution in [0.3, 0.4) is 0 Å². The van der Waals surface area contributed by atoms with E-state index in [1.54, 1.807) is 11.2 Å². The van der Waals surface area contributed by atoms with Crippen LogP contribution >= 0.6 is 11.6 Å². The van der Waals surface area contributed by atoms with E-state index in [1.165, 1.54) is 0 Å². The number of rotatable bonds is 4. The maximum atomic E-state index is 12.9. The van der Waals surface area contributed by atoms with Crippen molar-refractivity contribution >= 4 is 50.8 Å². The first-order valence-corrected chi connectivity index (χ1v) is 15.2. The largest absolute Gasteiger partial charge is 0.444 e. The summed E-state index contributed by atoms with van der Waals surface area (Å²) >= 11 is 6.63. The molecular weight excluding hydrogens is 548 g/mol. The SMILES string of the molecule is [C-]#[N+]C[C@H]1CN(c2nc(S(C)=O)nc3c2CCN(c2cccc4cccc(Cl)c24)C3)CCN1C(=O)OC(C)(C)C. The van der Waals surface area contributed by atoms with Crippen LogP contribution in [0.5, 0.6) is 0 Å². The lowest BCUT2D eigenvalue weighted by molar-refractivity contribution is 0.0155. The van der Waals surface area contributed by atoms with Crippen molar-refractivity contribution in [3.05, 3.63) is 64.1 Å². The lowest BCUT2D eigenvalue weighted by Crippen LogP contribution is -2.57.